The van der Waals surface area contributed by atoms with Crippen molar-refractivity contribution in [2.45, 2.75) is 25.8 Å². The molecule has 1 atom stereocenters. The number of fused-ring (bicyclic) bond motifs is 5. The fourth-order valence-corrected chi connectivity index (χ4v) is 6.45. The summed E-state index contributed by atoms with van der Waals surface area (Å²) in [5.74, 6) is 0.475. The molecule has 2 aromatic carbocycles. The van der Waals surface area contributed by atoms with Crippen molar-refractivity contribution in [2.75, 3.05) is 13.2 Å². The predicted molar refractivity (Wildman–Crippen MR) is 149 cm³/mol. The zero-order valence-corrected chi connectivity index (χ0v) is 21.6. The molecule has 0 spiro atoms. The van der Waals surface area contributed by atoms with Crippen LogP contribution in [0.5, 0.6) is 0 Å². The van der Waals surface area contributed by atoms with Crippen molar-refractivity contribution in [3.8, 4) is 11.3 Å². The third kappa shape index (κ3) is 3.43. The van der Waals surface area contributed by atoms with Gasteiger partial charge >= 0.3 is 0 Å². The summed E-state index contributed by atoms with van der Waals surface area (Å²) in [6.07, 6.45) is 8.13. The molecule has 1 aliphatic heterocycles. The van der Waals surface area contributed by atoms with Gasteiger partial charge in [-0.05, 0) is 55.5 Å². The monoisotopic (exact) mass is 489 g/mol. The molecule has 37 heavy (non-hydrogen) atoms. The van der Waals surface area contributed by atoms with E-state index in [1.165, 1.54) is 32.9 Å². The van der Waals surface area contributed by atoms with E-state index in [4.69, 9.17) is 9.72 Å². The molecular weight excluding hydrogens is 458 g/mol. The molecular formula is C31H31N5O. The minimum Gasteiger partial charge on any atom is -0.381 e. The van der Waals surface area contributed by atoms with E-state index in [0.717, 1.165) is 48.5 Å². The number of pyridine rings is 1. The van der Waals surface area contributed by atoms with Crippen molar-refractivity contribution in [3.63, 3.8) is 0 Å². The summed E-state index contributed by atoms with van der Waals surface area (Å²) >= 11 is 0. The van der Waals surface area contributed by atoms with Gasteiger partial charge in [-0.3, -0.25) is 4.98 Å². The number of nitrogens with zero attached hydrogens (tertiary/aromatic N) is 5. The number of hydrogen-bond acceptors (Lipinski definition) is 3. The third-order valence-electron chi connectivity index (χ3n) is 8.19. The summed E-state index contributed by atoms with van der Waals surface area (Å²) in [7, 11) is 4.16. The number of rotatable bonds is 4. The molecule has 4 aromatic heterocycles. The molecule has 1 saturated heterocycles. The minimum absolute atomic E-state index is 0.191. The molecule has 0 radical (unpaired) electrons. The average molecular weight is 490 g/mol. The standard InChI is InChI=1S/C31H31N5O/c1-20-30(35(3)19-33-20)23-17-27-29(32-18-23)28-24-11-14-34(2)25(24)9-10-26(28)36(27)31(21-7-5-4-6-8-21)22-12-15-37-16-13-22/h4-11,14,17-19,22,31H,12-13,15-16H2,1-3H3/t31-/m1/s1. The number of imidazole rings is 1. The Hall–Kier alpha value is -3.90. The third-order valence-corrected chi connectivity index (χ3v) is 8.19. The van der Waals surface area contributed by atoms with Gasteiger partial charge in [-0.2, -0.15) is 0 Å². The zero-order valence-electron chi connectivity index (χ0n) is 21.6. The van der Waals surface area contributed by atoms with Gasteiger partial charge in [-0.1, -0.05) is 30.3 Å². The molecule has 0 saturated carbocycles. The van der Waals surface area contributed by atoms with E-state index in [1.54, 1.807) is 0 Å². The highest BCUT2D eigenvalue weighted by atomic mass is 16.5. The molecule has 6 heteroatoms. The first-order valence-corrected chi connectivity index (χ1v) is 13.1. The van der Waals surface area contributed by atoms with E-state index in [2.05, 4.69) is 100 Å². The summed E-state index contributed by atoms with van der Waals surface area (Å²) in [5, 5.41) is 2.48. The quantitative estimate of drug-likeness (QED) is 0.288. The largest absolute Gasteiger partial charge is 0.381 e. The number of benzene rings is 2. The van der Waals surface area contributed by atoms with Crippen LogP contribution >= 0.6 is 0 Å². The van der Waals surface area contributed by atoms with Gasteiger partial charge in [0.05, 0.1) is 40.3 Å². The van der Waals surface area contributed by atoms with Crippen LogP contribution in [0.4, 0.5) is 0 Å². The van der Waals surface area contributed by atoms with Crippen LogP contribution in [0.25, 0.3) is 44.1 Å². The van der Waals surface area contributed by atoms with Crippen LogP contribution in [-0.4, -0.2) is 36.9 Å². The maximum Gasteiger partial charge on any atom is 0.0967 e. The number of aromatic nitrogens is 5. The highest BCUT2D eigenvalue weighted by molar-refractivity contribution is 6.19. The van der Waals surface area contributed by atoms with E-state index in [-0.39, 0.29) is 6.04 Å². The lowest BCUT2D eigenvalue weighted by molar-refractivity contribution is 0.0553. The van der Waals surface area contributed by atoms with Crippen LogP contribution in [0.15, 0.2) is 73.3 Å². The Morgan fingerprint density at radius 1 is 0.892 bits per heavy atom. The molecule has 0 amide bonds. The van der Waals surface area contributed by atoms with Gasteiger partial charge in [0.2, 0.25) is 0 Å². The van der Waals surface area contributed by atoms with Crippen LogP contribution in [0, 0.1) is 12.8 Å². The van der Waals surface area contributed by atoms with Gasteiger partial charge in [-0.25, -0.2) is 4.98 Å². The Kier molecular flexibility index (Phi) is 5.18. The highest BCUT2D eigenvalue weighted by Gasteiger charge is 2.30. The maximum absolute atomic E-state index is 5.80. The Morgan fingerprint density at radius 2 is 1.68 bits per heavy atom. The van der Waals surface area contributed by atoms with Gasteiger partial charge < -0.3 is 18.4 Å². The van der Waals surface area contributed by atoms with E-state index in [0.29, 0.717) is 5.92 Å². The molecule has 6 nitrogen and oxygen atoms in total. The Balaban J connectivity index is 1.59. The SMILES string of the molecule is Cc1ncn(C)c1-c1cnc2c3c4ccn(C)c4ccc3n([C@H](c3ccccc3)C3CCOCC3)c2c1. The van der Waals surface area contributed by atoms with Crippen molar-refractivity contribution in [1.29, 1.82) is 0 Å². The maximum atomic E-state index is 5.80. The second-order valence-electron chi connectivity index (χ2n) is 10.4. The van der Waals surface area contributed by atoms with Crippen LogP contribution in [0.3, 0.4) is 0 Å². The van der Waals surface area contributed by atoms with Crippen molar-refractivity contribution in [2.24, 2.45) is 20.0 Å². The summed E-state index contributed by atoms with van der Waals surface area (Å²) < 4.78 is 12.7. The van der Waals surface area contributed by atoms with Crippen molar-refractivity contribution < 1.29 is 4.74 Å². The van der Waals surface area contributed by atoms with Gasteiger partial charge in [-0.15, -0.1) is 0 Å². The lowest BCUT2D eigenvalue weighted by atomic mass is 9.86. The fraction of sp³-hybridized carbons (Fsp3) is 0.290. The summed E-state index contributed by atoms with van der Waals surface area (Å²) in [5.41, 5.74) is 9.25. The predicted octanol–water partition coefficient (Wildman–Crippen LogP) is 6.41. The Bertz CT molecular complexity index is 1730. The lowest BCUT2D eigenvalue weighted by Gasteiger charge is -2.33. The molecule has 6 aromatic rings. The molecule has 0 aliphatic carbocycles. The lowest BCUT2D eigenvalue weighted by Crippen LogP contribution is -2.26. The second-order valence-corrected chi connectivity index (χ2v) is 10.4. The normalized spacial score (nSPS) is 15.8. The van der Waals surface area contributed by atoms with Crippen LogP contribution in [0.1, 0.15) is 30.1 Å². The Morgan fingerprint density at radius 3 is 2.43 bits per heavy atom. The molecule has 1 fully saturated rings. The van der Waals surface area contributed by atoms with Crippen molar-refractivity contribution in [3.05, 3.63) is 84.6 Å². The molecule has 5 heterocycles. The fourth-order valence-electron chi connectivity index (χ4n) is 6.45. The van der Waals surface area contributed by atoms with Crippen molar-refractivity contribution >= 4 is 32.8 Å². The summed E-state index contributed by atoms with van der Waals surface area (Å²) in [4.78, 5) is 9.70. The summed E-state index contributed by atoms with van der Waals surface area (Å²) in [6.45, 7) is 3.69. The second kappa shape index (κ2) is 8.60. The molecule has 7 rings (SSSR count). The topological polar surface area (TPSA) is 49.8 Å². The van der Waals surface area contributed by atoms with E-state index >= 15 is 0 Å². The molecule has 1 aliphatic rings. The van der Waals surface area contributed by atoms with Gasteiger partial charge in [0.1, 0.15) is 0 Å². The number of aryl methyl sites for hydroxylation is 3. The van der Waals surface area contributed by atoms with Gasteiger partial charge in [0.25, 0.3) is 0 Å². The number of hydrogen-bond donors (Lipinski definition) is 0. The van der Waals surface area contributed by atoms with Crippen molar-refractivity contribution in [1.82, 2.24) is 23.7 Å². The molecule has 0 N–H and O–H groups in total. The summed E-state index contributed by atoms with van der Waals surface area (Å²) in [6, 6.07) is 20.3. The first-order valence-electron chi connectivity index (χ1n) is 13.1. The molecule has 186 valence electrons. The zero-order chi connectivity index (χ0) is 25.1. The van der Waals surface area contributed by atoms with Crippen LogP contribution in [-0.2, 0) is 18.8 Å². The smallest absolute Gasteiger partial charge is 0.0967 e. The number of ether oxygens (including phenoxy) is 1. The Labute approximate surface area is 216 Å². The molecule has 0 bridgehead atoms. The average Bonchev–Trinajstić information content (AvgIpc) is 3.58. The van der Waals surface area contributed by atoms with Crippen LogP contribution < -0.4 is 0 Å². The van der Waals surface area contributed by atoms with E-state index in [9.17, 15) is 0 Å². The minimum atomic E-state index is 0.191. The van der Waals surface area contributed by atoms with Gasteiger partial charge in [0.15, 0.2) is 0 Å². The highest BCUT2D eigenvalue weighted by Crippen LogP contribution is 2.43. The van der Waals surface area contributed by atoms with Crippen LogP contribution in [0.2, 0.25) is 0 Å². The van der Waals surface area contributed by atoms with E-state index < -0.39 is 0 Å². The first kappa shape index (κ1) is 22.3. The molecule has 0 unspecified atom stereocenters. The van der Waals surface area contributed by atoms with E-state index in [1.807, 2.05) is 12.5 Å². The van der Waals surface area contributed by atoms with Gasteiger partial charge in [0, 0.05) is 61.6 Å². The first-order chi connectivity index (χ1) is 18.1.